The summed E-state index contributed by atoms with van der Waals surface area (Å²) >= 11 is 0. The summed E-state index contributed by atoms with van der Waals surface area (Å²) in [6, 6.07) is 1.91. The fraction of sp³-hybridized carbons (Fsp3) is 0.333. The highest BCUT2D eigenvalue weighted by molar-refractivity contribution is 5.28. The SMILES string of the molecule is NCC(N)c1ccc(C(F)(F)F)c(F)c1. The minimum Gasteiger partial charge on any atom is -0.329 e. The van der Waals surface area contributed by atoms with Crippen LogP contribution in [-0.4, -0.2) is 6.54 Å². The molecule has 0 radical (unpaired) electrons. The molecule has 1 unspecified atom stereocenters. The molecule has 1 aromatic carbocycles. The minimum absolute atomic E-state index is 0.0464. The van der Waals surface area contributed by atoms with Crippen LogP contribution in [0.5, 0.6) is 0 Å². The molecule has 1 rings (SSSR count). The summed E-state index contributed by atoms with van der Waals surface area (Å²) in [5.41, 5.74) is 9.61. The summed E-state index contributed by atoms with van der Waals surface area (Å²) in [5.74, 6) is -1.33. The highest BCUT2D eigenvalue weighted by Gasteiger charge is 2.34. The smallest absolute Gasteiger partial charge is 0.329 e. The van der Waals surface area contributed by atoms with Gasteiger partial charge < -0.3 is 11.5 Å². The van der Waals surface area contributed by atoms with Crippen LogP contribution in [0.4, 0.5) is 17.6 Å². The maximum atomic E-state index is 13.0. The van der Waals surface area contributed by atoms with Gasteiger partial charge in [0.15, 0.2) is 0 Å². The molecular weight excluding hydrogens is 212 g/mol. The molecule has 15 heavy (non-hydrogen) atoms. The van der Waals surface area contributed by atoms with Gasteiger partial charge in [-0.15, -0.1) is 0 Å². The van der Waals surface area contributed by atoms with Gasteiger partial charge in [0.2, 0.25) is 0 Å². The van der Waals surface area contributed by atoms with E-state index in [1.165, 1.54) is 0 Å². The molecule has 84 valence electrons. The van der Waals surface area contributed by atoms with E-state index in [4.69, 9.17) is 11.5 Å². The van der Waals surface area contributed by atoms with E-state index in [0.717, 1.165) is 12.1 Å². The third-order valence-electron chi connectivity index (χ3n) is 1.98. The molecule has 6 heteroatoms. The van der Waals surface area contributed by atoms with Crippen molar-refractivity contribution in [2.24, 2.45) is 11.5 Å². The Balaban J connectivity index is 3.09. The average Bonchev–Trinajstić information content (AvgIpc) is 2.14. The number of hydrogen-bond donors (Lipinski definition) is 2. The Kier molecular flexibility index (Phi) is 3.31. The lowest BCUT2D eigenvalue weighted by atomic mass is 10.0. The topological polar surface area (TPSA) is 52.0 Å². The van der Waals surface area contributed by atoms with Crippen molar-refractivity contribution < 1.29 is 17.6 Å². The van der Waals surface area contributed by atoms with Crippen LogP contribution < -0.4 is 11.5 Å². The average molecular weight is 222 g/mol. The fourth-order valence-electron chi connectivity index (χ4n) is 1.13. The third-order valence-corrected chi connectivity index (χ3v) is 1.98. The van der Waals surface area contributed by atoms with E-state index in [-0.39, 0.29) is 12.1 Å². The maximum Gasteiger partial charge on any atom is 0.419 e. The van der Waals surface area contributed by atoms with E-state index in [2.05, 4.69) is 0 Å². The molecule has 0 saturated heterocycles. The first-order chi connectivity index (χ1) is 6.86. The number of benzene rings is 1. The predicted octanol–water partition coefficient (Wildman–Crippen LogP) is 1.80. The quantitative estimate of drug-likeness (QED) is 0.749. The molecule has 0 amide bonds. The van der Waals surface area contributed by atoms with Gasteiger partial charge in [0.1, 0.15) is 5.82 Å². The van der Waals surface area contributed by atoms with E-state index >= 15 is 0 Å². The number of halogens is 4. The van der Waals surface area contributed by atoms with E-state index in [9.17, 15) is 17.6 Å². The van der Waals surface area contributed by atoms with Crippen LogP contribution in [0.3, 0.4) is 0 Å². The van der Waals surface area contributed by atoms with Crippen LogP contribution in [0.15, 0.2) is 18.2 Å². The number of nitrogens with two attached hydrogens (primary N) is 2. The van der Waals surface area contributed by atoms with E-state index in [0.29, 0.717) is 6.07 Å². The Bertz CT molecular complexity index is 348. The first kappa shape index (κ1) is 11.9. The van der Waals surface area contributed by atoms with Crippen LogP contribution >= 0.6 is 0 Å². The molecule has 0 aromatic heterocycles. The molecular formula is C9H10F4N2. The summed E-state index contributed by atoms with van der Waals surface area (Å²) in [7, 11) is 0. The summed E-state index contributed by atoms with van der Waals surface area (Å²) in [6.07, 6.45) is -4.69. The molecule has 4 N–H and O–H groups in total. The molecule has 0 aliphatic heterocycles. The lowest BCUT2D eigenvalue weighted by Gasteiger charge is -2.12. The van der Waals surface area contributed by atoms with E-state index < -0.39 is 23.6 Å². The Labute approximate surface area is 83.9 Å². The van der Waals surface area contributed by atoms with Crippen LogP contribution in [-0.2, 0) is 6.18 Å². The molecule has 2 nitrogen and oxygen atoms in total. The molecule has 1 atom stereocenters. The Morgan fingerprint density at radius 1 is 1.27 bits per heavy atom. The molecule has 0 aliphatic rings. The summed E-state index contributed by atoms with van der Waals surface area (Å²) in [6.45, 7) is 0.0464. The lowest BCUT2D eigenvalue weighted by molar-refractivity contribution is -0.140. The van der Waals surface area contributed by atoms with Crippen LogP contribution in [0.2, 0.25) is 0 Å². The number of alkyl halides is 3. The second-order valence-electron chi connectivity index (χ2n) is 3.08. The normalized spacial score (nSPS) is 14.0. The van der Waals surface area contributed by atoms with Gasteiger partial charge in [0.05, 0.1) is 5.56 Å². The molecule has 0 fully saturated rings. The predicted molar refractivity (Wildman–Crippen MR) is 47.4 cm³/mol. The fourth-order valence-corrected chi connectivity index (χ4v) is 1.13. The molecule has 0 spiro atoms. The monoisotopic (exact) mass is 222 g/mol. The molecule has 0 aliphatic carbocycles. The lowest BCUT2D eigenvalue weighted by Crippen LogP contribution is -2.21. The summed E-state index contributed by atoms with van der Waals surface area (Å²) < 4.78 is 49.5. The van der Waals surface area contributed by atoms with Gasteiger partial charge in [0.25, 0.3) is 0 Å². The Morgan fingerprint density at radius 3 is 2.27 bits per heavy atom. The molecule has 0 bridgehead atoms. The van der Waals surface area contributed by atoms with Crippen LogP contribution in [0.25, 0.3) is 0 Å². The minimum atomic E-state index is -4.69. The molecule has 0 saturated carbocycles. The van der Waals surface area contributed by atoms with Crippen LogP contribution in [0, 0.1) is 5.82 Å². The maximum absolute atomic E-state index is 13.0. The van der Waals surface area contributed by atoms with Gasteiger partial charge in [-0.3, -0.25) is 0 Å². The standard InChI is InChI=1S/C9H10F4N2/c10-7-3-5(8(15)4-14)1-2-6(7)9(11,12)13/h1-3,8H,4,14-15H2. The van der Waals surface area contributed by atoms with Crippen molar-refractivity contribution in [2.75, 3.05) is 6.54 Å². The van der Waals surface area contributed by atoms with Gasteiger partial charge >= 0.3 is 6.18 Å². The molecule has 0 heterocycles. The van der Waals surface area contributed by atoms with Crippen molar-refractivity contribution in [1.29, 1.82) is 0 Å². The third kappa shape index (κ3) is 2.66. The van der Waals surface area contributed by atoms with Crippen molar-refractivity contribution in [1.82, 2.24) is 0 Å². The largest absolute Gasteiger partial charge is 0.419 e. The zero-order chi connectivity index (χ0) is 11.6. The van der Waals surface area contributed by atoms with Crippen molar-refractivity contribution in [3.05, 3.63) is 35.1 Å². The second-order valence-corrected chi connectivity index (χ2v) is 3.08. The number of rotatable bonds is 2. The van der Waals surface area contributed by atoms with Crippen molar-refractivity contribution in [2.45, 2.75) is 12.2 Å². The van der Waals surface area contributed by atoms with Crippen molar-refractivity contribution >= 4 is 0 Å². The van der Waals surface area contributed by atoms with Crippen LogP contribution in [0.1, 0.15) is 17.2 Å². The summed E-state index contributed by atoms with van der Waals surface area (Å²) in [5, 5.41) is 0. The summed E-state index contributed by atoms with van der Waals surface area (Å²) in [4.78, 5) is 0. The van der Waals surface area contributed by atoms with E-state index in [1.54, 1.807) is 0 Å². The van der Waals surface area contributed by atoms with Crippen molar-refractivity contribution in [3.63, 3.8) is 0 Å². The first-order valence-electron chi connectivity index (χ1n) is 4.18. The zero-order valence-corrected chi connectivity index (χ0v) is 7.68. The highest BCUT2D eigenvalue weighted by atomic mass is 19.4. The highest BCUT2D eigenvalue weighted by Crippen LogP contribution is 2.32. The number of hydrogen-bond acceptors (Lipinski definition) is 2. The van der Waals surface area contributed by atoms with Crippen molar-refractivity contribution in [3.8, 4) is 0 Å². The Hall–Kier alpha value is -1.14. The van der Waals surface area contributed by atoms with Gasteiger partial charge in [-0.1, -0.05) is 6.07 Å². The Morgan fingerprint density at radius 2 is 1.87 bits per heavy atom. The van der Waals surface area contributed by atoms with Gasteiger partial charge in [-0.05, 0) is 17.7 Å². The second kappa shape index (κ2) is 4.16. The van der Waals surface area contributed by atoms with Gasteiger partial charge in [0, 0.05) is 12.6 Å². The van der Waals surface area contributed by atoms with Gasteiger partial charge in [-0.25, -0.2) is 4.39 Å². The first-order valence-corrected chi connectivity index (χ1v) is 4.18. The van der Waals surface area contributed by atoms with E-state index in [1.807, 2.05) is 0 Å². The zero-order valence-electron chi connectivity index (χ0n) is 7.68. The molecule has 1 aromatic rings. The van der Waals surface area contributed by atoms with Gasteiger partial charge in [-0.2, -0.15) is 13.2 Å².